The summed E-state index contributed by atoms with van der Waals surface area (Å²) in [6.07, 6.45) is 23.8. The summed E-state index contributed by atoms with van der Waals surface area (Å²) in [6.45, 7) is 14.4. The summed E-state index contributed by atoms with van der Waals surface area (Å²) in [5, 5.41) is 0. The third kappa shape index (κ3) is 15.4. The second kappa shape index (κ2) is 21.9. The van der Waals surface area contributed by atoms with Crippen LogP contribution in [0.1, 0.15) is 144 Å². The Morgan fingerprint density at radius 2 is 0.438 bits per heavy atom. The lowest BCUT2D eigenvalue weighted by Crippen LogP contribution is -2.34. The van der Waals surface area contributed by atoms with Gasteiger partial charge in [-0.3, -0.25) is 0 Å². The van der Waals surface area contributed by atoms with Gasteiger partial charge in [-0.2, -0.15) is 0 Å². The Bertz CT molecular complexity index is 299. The van der Waals surface area contributed by atoms with Crippen LogP contribution in [0.15, 0.2) is 0 Å². The molecule has 0 nitrogen and oxygen atoms in total. The summed E-state index contributed by atoms with van der Waals surface area (Å²) in [7, 11) is -2.00. The Labute approximate surface area is 208 Å². The minimum atomic E-state index is -0.999. The summed E-state index contributed by atoms with van der Waals surface area (Å²) in [5.41, 5.74) is 0. The van der Waals surface area contributed by atoms with E-state index < -0.39 is 16.1 Å². The Morgan fingerprint density at radius 3 is 0.625 bits per heavy atom. The molecule has 0 amide bonds. The standard InChI is InChI=1S/C30H66Si2/c1-7-13-23-31(24-14-8-2,25-15-9-3)29-21-19-20-22-30-32(26-16-10-4,27-17-11-5)28-18-12-6/h7-30H2,1-6H3. The van der Waals surface area contributed by atoms with E-state index in [-0.39, 0.29) is 0 Å². The van der Waals surface area contributed by atoms with Gasteiger partial charge in [-0.05, 0) is 0 Å². The van der Waals surface area contributed by atoms with Crippen LogP contribution in [0.3, 0.4) is 0 Å². The van der Waals surface area contributed by atoms with Crippen molar-refractivity contribution in [3.8, 4) is 0 Å². The van der Waals surface area contributed by atoms with Gasteiger partial charge in [-0.25, -0.2) is 0 Å². The van der Waals surface area contributed by atoms with Crippen molar-refractivity contribution < 1.29 is 0 Å². The van der Waals surface area contributed by atoms with E-state index in [9.17, 15) is 0 Å². The normalized spacial score (nSPS) is 12.6. The molecule has 0 fully saturated rings. The minimum absolute atomic E-state index is 0.999. The first-order valence-electron chi connectivity index (χ1n) is 15.6. The van der Waals surface area contributed by atoms with Crippen molar-refractivity contribution in [3.05, 3.63) is 0 Å². The molecule has 0 aromatic heterocycles. The predicted octanol–water partition coefficient (Wildman–Crippen LogP) is 12.2. The van der Waals surface area contributed by atoms with Gasteiger partial charge in [0.05, 0.1) is 16.1 Å². The Morgan fingerprint density at radius 1 is 0.250 bits per heavy atom. The van der Waals surface area contributed by atoms with Crippen LogP contribution in [-0.2, 0) is 0 Å². The Hall–Kier alpha value is 0.434. The first-order valence-corrected chi connectivity index (χ1v) is 21.2. The van der Waals surface area contributed by atoms with Crippen LogP contribution in [0.25, 0.3) is 0 Å². The highest BCUT2D eigenvalue weighted by atomic mass is 28.3. The maximum absolute atomic E-state index is 2.41. The smallest absolute Gasteiger partial charge is 0.0535 e. The second-order valence-corrected chi connectivity index (χ2v) is 21.5. The van der Waals surface area contributed by atoms with Crippen molar-refractivity contribution in [2.75, 3.05) is 0 Å². The summed E-state index contributed by atoms with van der Waals surface area (Å²) < 4.78 is 0. The molecule has 0 aliphatic heterocycles. The molecule has 0 radical (unpaired) electrons. The van der Waals surface area contributed by atoms with Gasteiger partial charge in [0.1, 0.15) is 0 Å². The van der Waals surface area contributed by atoms with E-state index in [4.69, 9.17) is 0 Å². The van der Waals surface area contributed by atoms with E-state index in [2.05, 4.69) is 41.5 Å². The van der Waals surface area contributed by atoms with Gasteiger partial charge in [-0.1, -0.05) is 193 Å². The highest BCUT2D eigenvalue weighted by Crippen LogP contribution is 2.36. The van der Waals surface area contributed by atoms with Gasteiger partial charge < -0.3 is 0 Å². The van der Waals surface area contributed by atoms with Crippen LogP contribution in [0.4, 0.5) is 0 Å². The third-order valence-electron chi connectivity index (χ3n) is 8.53. The minimum Gasteiger partial charge on any atom is -0.0654 e. The maximum atomic E-state index is 2.41. The molecule has 0 spiro atoms. The molecule has 32 heavy (non-hydrogen) atoms. The molecule has 0 saturated carbocycles. The summed E-state index contributed by atoms with van der Waals surface area (Å²) in [4.78, 5) is 0. The molecule has 0 atom stereocenters. The van der Waals surface area contributed by atoms with Gasteiger partial charge in [0.15, 0.2) is 0 Å². The monoisotopic (exact) mass is 482 g/mol. The fraction of sp³-hybridized carbons (Fsp3) is 1.00. The van der Waals surface area contributed by atoms with Gasteiger partial charge in [-0.15, -0.1) is 0 Å². The number of unbranched alkanes of at least 4 members (excludes halogenated alkanes) is 9. The first kappa shape index (κ1) is 32.4. The van der Waals surface area contributed by atoms with E-state index >= 15 is 0 Å². The molecule has 0 heterocycles. The molecule has 0 N–H and O–H groups in total. The van der Waals surface area contributed by atoms with Crippen molar-refractivity contribution in [3.63, 3.8) is 0 Å². The zero-order valence-corrected chi connectivity index (χ0v) is 26.0. The highest BCUT2D eigenvalue weighted by molar-refractivity contribution is 6.80. The quantitative estimate of drug-likeness (QED) is 0.0895. The molecule has 0 bridgehead atoms. The lowest BCUT2D eigenvalue weighted by Gasteiger charge is -2.33. The van der Waals surface area contributed by atoms with Crippen LogP contribution in [-0.4, -0.2) is 16.1 Å². The van der Waals surface area contributed by atoms with E-state index in [1.807, 2.05) is 0 Å². The largest absolute Gasteiger partial charge is 0.0654 e. The Kier molecular flexibility index (Phi) is 22.2. The number of hydrogen-bond acceptors (Lipinski definition) is 0. The van der Waals surface area contributed by atoms with E-state index in [1.165, 1.54) is 77.0 Å². The lowest BCUT2D eigenvalue weighted by molar-refractivity contribution is 0.672. The number of rotatable bonds is 25. The lowest BCUT2D eigenvalue weighted by atomic mass is 10.2. The van der Waals surface area contributed by atoms with Crippen LogP contribution in [0, 0.1) is 0 Å². The van der Waals surface area contributed by atoms with Crippen LogP contribution in [0.2, 0.25) is 48.4 Å². The molecule has 2 heteroatoms. The fourth-order valence-electron chi connectivity index (χ4n) is 6.16. The van der Waals surface area contributed by atoms with Crippen molar-refractivity contribution in [1.82, 2.24) is 0 Å². The fourth-order valence-corrected chi connectivity index (χ4v) is 17.8. The molecule has 194 valence electrons. The molecule has 0 rings (SSSR count). The van der Waals surface area contributed by atoms with E-state index in [1.54, 1.807) is 74.0 Å². The summed E-state index contributed by atoms with van der Waals surface area (Å²) >= 11 is 0. The SMILES string of the molecule is CCCC[Si](CCCC)(CCCC)CCCCCC[Si](CCCC)(CCCC)CCCC. The van der Waals surface area contributed by atoms with E-state index in [0.717, 1.165) is 0 Å². The first-order chi connectivity index (χ1) is 15.6. The van der Waals surface area contributed by atoms with Gasteiger partial charge in [0.2, 0.25) is 0 Å². The van der Waals surface area contributed by atoms with E-state index in [0.29, 0.717) is 0 Å². The zero-order valence-electron chi connectivity index (χ0n) is 24.0. The van der Waals surface area contributed by atoms with Crippen molar-refractivity contribution in [2.45, 2.75) is 193 Å². The average Bonchev–Trinajstić information content (AvgIpc) is 2.82. The molecule has 0 aromatic carbocycles. The second-order valence-electron chi connectivity index (χ2n) is 11.5. The molecular formula is C30H66Si2. The molecule has 0 unspecified atom stereocenters. The topological polar surface area (TPSA) is 0 Å². The Balaban J connectivity index is 4.72. The summed E-state index contributed by atoms with van der Waals surface area (Å²) in [6, 6.07) is 13.2. The van der Waals surface area contributed by atoms with Gasteiger partial charge >= 0.3 is 0 Å². The van der Waals surface area contributed by atoms with Gasteiger partial charge in [0, 0.05) is 0 Å². The zero-order chi connectivity index (χ0) is 24.0. The molecule has 0 aliphatic rings. The molecule has 0 saturated heterocycles. The molecule has 0 aliphatic carbocycles. The highest BCUT2D eigenvalue weighted by Gasteiger charge is 2.31. The molecular weight excluding hydrogens is 417 g/mol. The van der Waals surface area contributed by atoms with Crippen LogP contribution >= 0.6 is 0 Å². The van der Waals surface area contributed by atoms with Crippen molar-refractivity contribution in [2.24, 2.45) is 0 Å². The predicted molar refractivity (Wildman–Crippen MR) is 158 cm³/mol. The van der Waals surface area contributed by atoms with Crippen molar-refractivity contribution >= 4 is 16.1 Å². The van der Waals surface area contributed by atoms with Gasteiger partial charge in [0.25, 0.3) is 0 Å². The van der Waals surface area contributed by atoms with Crippen molar-refractivity contribution in [1.29, 1.82) is 0 Å². The molecule has 0 aromatic rings. The average molecular weight is 483 g/mol. The van der Waals surface area contributed by atoms with Crippen LogP contribution < -0.4 is 0 Å². The number of hydrogen-bond donors (Lipinski definition) is 0. The third-order valence-corrected chi connectivity index (χ3v) is 19.8. The maximum Gasteiger partial charge on any atom is 0.0535 e. The summed E-state index contributed by atoms with van der Waals surface area (Å²) in [5.74, 6) is 0. The van der Waals surface area contributed by atoms with Crippen LogP contribution in [0.5, 0.6) is 0 Å².